The molecule has 0 radical (unpaired) electrons. The van der Waals surface area contributed by atoms with Gasteiger partial charge in [0.25, 0.3) is 0 Å². The van der Waals surface area contributed by atoms with Crippen molar-refractivity contribution in [2.45, 2.75) is 16.7 Å². The maximum Gasteiger partial charge on any atom is 0.211 e. The molecule has 0 bridgehead atoms. The summed E-state index contributed by atoms with van der Waals surface area (Å²) in [7, 11) is -3.69. The van der Waals surface area contributed by atoms with E-state index in [9.17, 15) is 8.42 Å². The maximum atomic E-state index is 12.8. The van der Waals surface area contributed by atoms with Gasteiger partial charge in [-0.15, -0.1) is 0 Å². The summed E-state index contributed by atoms with van der Waals surface area (Å²) >= 11 is 5.12. The molecule has 1 aromatic heterocycles. The molecule has 2 aromatic carbocycles. The fourth-order valence-corrected chi connectivity index (χ4v) is 4.21. The third kappa shape index (κ3) is 2.39. The molecular formula is C16H12O3S2. The van der Waals surface area contributed by atoms with Crippen LogP contribution in [0, 0.1) is 11.6 Å². The number of benzene rings is 2. The van der Waals surface area contributed by atoms with Crippen LogP contribution in [0.1, 0.15) is 5.56 Å². The number of para-hydroxylation sites is 1. The van der Waals surface area contributed by atoms with E-state index in [1.54, 1.807) is 49.4 Å². The molecule has 106 valence electrons. The summed E-state index contributed by atoms with van der Waals surface area (Å²) in [6, 6.07) is 15.6. The van der Waals surface area contributed by atoms with Gasteiger partial charge < -0.3 is 4.42 Å². The molecule has 0 amide bonds. The van der Waals surface area contributed by atoms with Crippen LogP contribution in [0.3, 0.4) is 0 Å². The van der Waals surface area contributed by atoms with Crippen LogP contribution in [-0.2, 0) is 9.84 Å². The Hall–Kier alpha value is -1.98. The van der Waals surface area contributed by atoms with Crippen LogP contribution in [0.2, 0.25) is 0 Å². The van der Waals surface area contributed by atoms with Gasteiger partial charge in [0.2, 0.25) is 14.5 Å². The molecule has 3 aromatic rings. The Morgan fingerprint density at radius 1 is 0.952 bits per heavy atom. The van der Waals surface area contributed by atoms with E-state index in [-0.39, 0.29) is 14.5 Å². The van der Waals surface area contributed by atoms with Crippen LogP contribution in [0.4, 0.5) is 0 Å². The number of hydrogen-bond donors (Lipinski definition) is 0. The van der Waals surface area contributed by atoms with Crippen LogP contribution in [0.15, 0.2) is 68.8 Å². The lowest BCUT2D eigenvalue weighted by Gasteiger charge is -2.08. The molecule has 3 nitrogen and oxygen atoms in total. The minimum atomic E-state index is -3.69. The molecule has 0 aliphatic carbocycles. The molecule has 1 heterocycles. The third-order valence-corrected chi connectivity index (χ3v) is 5.63. The smallest absolute Gasteiger partial charge is 0.211 e. The SMILES string of the molecule is Cc1ccccc1S(=O)(=O)c1cc2ccccc2oc1=S. The number of hydrogen-bond acceptors (Lipinski definition) is 4. The summed E-state index contributed by atoms with van der Waals surface area (Å²) in [6.45, 7) is 1.76. The second kappa shape index (κ2) is 5.09. The van der Waals surface area contributed by atoms with E-state index in [4.69, 9.17) is 16.6 Å². The molecular weight excluding hydrogens is 304 g/mol. The average Bonchev–Trinajstić information content (AvgIpc) is 2.46. The first kappa shape index (κ1) is 14.0. The number of aryl methyl sites for hydroxylation is 1. The lowest BCUT2D eigenvalue weighted by Crippen LogP contribution is -2.04. The normalized spacial score (nSPS) is 11.7. The van der Waals surface area contributed by atoms with Gasteiger partial charge in [0, 0.05) is 5.39 Å². The van der Waals surface area contributed by atoms with Crippen molar-refractivity contribution in [3.05, 3.63) is 64.9 Å². The lowest BCUT2D eigenvalue weighted by molar-refractivity contribution is 0.555. The number of sulfone groups is 1. The zero-order valence-electron chi connectivity index (χ0n) is 11.2. The highest BCUT2D eigenvalue weighted by atomic mass is 32.2. The molecule has 0 N–H and O–H groups in total. The Labute approximate surface area is 127 Å². The third-order valence-electron chi connectivity index (χ3n) is 3.28. The molecule has 0 atom stereocenters. The molecule has 0 saturated heterocycles. The van der Waals surface area contributed by atoms with Crippen molar-refractivity contribution in [3.63, 3.8) is 0 Å². The number of fused-ring (bicyclic) bond motifs is 1. The Bertz CT molecular complexity index is 986. The largest absolute Gasteiger partial charge is 0.444 e. The zero-order chi connectivity index (χ0) is 15.0. The monoisotopic (exact) mass is 316 g/mol. The molecule has 0 fully saturated rings. The Kier molecular flexibility index (Phi) is 3.39. The molecule has 21 heavy (non-hydrogen) atoms. The fraction of sp³-hybridized carbons (Fsp3) is 0.0625. The van der Waals surface area contributed by atoms with Crippen LogP contribution >= 0.6 is 12.2 Å². The molecule has 0 spiro atoms. The van der Waals surface area contributed by atoms with E-state index in [2.05, 4.69) is 0 Å². The van der Waals surface area contributed by atoms with Crippen molar-refractivity contribution in [2.75, 3.05) is 0 Å². The van der Waals surface area contributed by atoms with E-state index in [1.807, 2.05) is 12.1 Å². The van der Waals surface area contributed by atoms with Gasteiger partial charge in [0.1, 0.15) is 10.5 Å². The van der Waals surface area contributed by atoms with Gasteiger partial charge in [-0.05, 0) is 42.9 Å². The predicted molar refractivity (Wildman–Crippen MR) is 83.7 cm³/mol. The van der Waals surface area contributed by atoms with E-state index < -0.39 is 9.84 Å². The molecule has 0 aliphatic rings. The topological polar surface area (TPSA) is 47.3 Å². The summed E-state index contributed by atoms with van der Waals surface area (Å²) in [6.07, 6.45) is 0. The first-order chi connectivity index (χ1) is 10.00. The average molecular weight is 316 g/mol. The maximum absolute atomic E-state index is 12.8. The van der Waals surface area contributed by atoms with Crippen LogP contribution in [0.25, 0.3) is 11.0 Å². The highest BCUT2D eigenvalue weighted by Crippen LogP contribution is 2.27. The quantitative estimate of drug-likeness (QED) is 0.661. The minimum absolute atomic E-state index is 0.0167. The van der Waals surface area contributed by atoms with Crippen LogP contribution < -0.4 is 0 Å². The Balaban J connectivity index is 2.32. The summed E-state index contributed by atoms with van der Waals surface area (Å²) in [4.78, 5) is 0.284. The van der Waals surface area contributed by atoms with Crippen molar-refractivity contribution >= 4 is 33.0 Å². The van der Waals surface area contributed by atoms with Gasteiger partial charge in [0.05, 0.1) is 4.90 Å². The molecule has 0 saturated carbocycles. The predicted octanol–water partition coefficient (Wildman–Crippen LogP) is 4.30. The summed E-state index contributed by atoms with van der Waals surface area (Å²) in [5, 5.41) is 0.707. The summed E-state index contributed by atoms with van der Waals surface area (Å²) in [5.41, 5.74) is 1.26. The summed E-state index contributed by atoms with van der Waals surface area (Å²) in [5.74, 6) is 0. The van der Waals surface area contributed by atoms with E-state index in [0.29, 0.717) is 16.5 Å². The van der Waals surface area contributed by atoms with E-state index >= 15 is 0 Å². The van der Waals surface area contributed by atoms with Crippen LogP contribution in [-0.4, -0.2) is 8.42 Å². The Morgan fingerprint density at radius 2 is 1.62 bits per heavy atom. The second-order valence-corrected chi connectivity index (χ2v) is 6.96. The summed E-state index contributed by atoms with van der Waals surface area (Å²) < 4.78 is 31.0. The molecule has 3 rings (SSSR count). The standard InChI is InChI=1S/C16H12O3S2/c1-11-6-2-5-9-14(11)21(17,18)15-10-12-7-3-4-8-13(12)19-16(15)20/h2-10H,1H3. The highest BCUT2D eigenvalue weighted by Gasteiger charge is 2.22. The first-order valence-electron chi connectivity index (χ1n) is 6.34. The van der Waals surface area contributed by atoms with Crippen molar-refractivity contribution in [1.29, 1.82) is 0 Å². The van der Waals surface area contributed by atoms with Gasteiger partial charge in [0.15, 0.2) is 0 Å². The van der Waals surface area contributed by atoms with Crippen molar-refractivity contribution in [3.8, 4) is 0 Å². The minimum Gasteiger partial charge on any atom is -0.444 e. The van der Waals surface area contributed by atoms with Crippen molar-refractivity contribution in [1.82, 2.24) is 0 Å². The van der Waals surface area contributed by atoms with Crippen LogP contribution in [0.5, 0.6) is 0 Å². The van der Waals surface area contributed by atoms with Gasteiger partial charge in [-0.1, -0.05) is 36.4 Å². The highest BCUT2D eigenvalue weighted by molar-refractivity contribution is 7.91. The van der Waals surface area contributed by atoms with Gasteiger partial charge in [-0.2, -0.15) is 0 Å². The molecule has 0 aliphatic heterocycles. The number of rotatable bonds is 2. The van der Waals surface area contributed by atoms with Crippen molar-refractivity contribution < 1.29 is 12.8 Å². The Morgan fingerprint density at radius 3 is 2.38 bits per heavy atom. The van der Waals surface area contributed by atoms with Crippen molar-refractivity contribution in [2.24, 2.45) is 0 Å². The van der Waals surface area contributed by atoms with E-state index in [1.165, 1.54) is 0 Å². The lowest BCUT2D eigenvalue weighted by atomic mass is 10.2. The van der Waals surface area contributed by atoms with Gasteiger partial charge in [-0.3, -0.25) is 0 Å². The van der Waals surface area contributed by atoms with Gasteiger partial charge in [-0.25, -0.2) is 8.42 Å². The first-order valence-corrected chi connectivity index (χ1v) is 8.23. The molecule has 5 heteroatoms. The molecule has 0 unspecified atom stereocenters. The fourth-order valence-electron chi connectivity index (χ4n) is 2.21. The second-order valence-electron chi connectivity index (χ2n) is 4.70. The van der Waals surface area contributed by atoms with Gasteiger partial charge >= 0.3 is 0 Å². The zero-order valence-corrected chi connectivity index (χ0v) is 12.9. The van der Waals surface area contributed by atoms with E-state index in [0.717, 1.165) is 0 Å².